The predicted molar refractivity (Wildman–Crippen MR) is 529 cm³/mol. The number of benzene rings is 6. The molecule has 4 atom stereocenters. The number of anilines is 3. The molecule has 4 aliphatic carbocycles. The fourth-order valence-corrected chi connectivity index (χ4v) is 21.1. The molecule has 4 spiro atoms. The number of fused-ring (bicyclic) bond motifs is 6. The maximum atomic E-state index is 13.9. The SMILES string of the molecule is C.COC(=O)c1ncc(Cl)nc1Cl.COC(=O)c1ncc(N2CCC3(CC2)Cc2ccccc2C3N)nc1Cl.COc1ccc(Cn2[nH]c(=O)c3ncc(N4CCC5(CC4)Cc4ccccc4C5N(C(=O)OC(C)(C)C)C(=O)OC(C)(C)C)nc32)cc1.COc1ccc(Cn2[nH]c(=O)c3ncc(N4CCC5(CC4)Cc4ccccc4C5N)nc32)cc1.NC1c2ccccc2CC12CCNCC2.[B].[V]. The van der Waals surface area contributed by atoms with E-state index in [4.69, 9.17) is 80.9 Å². The number of hydrogen-bond donors (Lipinski definition) is 6. The van der Waals surface area contributed by atoms with Gasteiger partial charge in [-0.3, -0.25) is 29.2 Å². The number of methoxy groups -OCH3 is 4. The number of carbonyl (C=O) groups excluding carboxylic acids is 4. The van der Waals surface area contributed by atoms with E-state index in [1.165, 1.54) is 78.0 Å². The van der Waals surface area contributed by atoms with Crippen LogP contribution in [0.15, 0.2) is 180 Å². The Bertz CT molecular complexity index is 6440. The number of piperidine rings is 4. The van der Waals surface area contributed by atoms with Crippen LogP contribution in [0.2, 0.25) is 15.5 Å². The fraction of sp³-hybridized carbons (Fsp3) is 0.426. The second kappa shape index (κ2) is 43.3. The molecule has 20 rings (SSSR count). The summed E-state index contributed by atoms with van der Waals surface area (Å²) >= 11 is 17.1. The number of rotatable bonds is 12. The van der Waals surface area contributed by atoms with Gasteiger partial charge < -0.3 is 65.6 Å². The quantitative estimate of drug-likeness (QED) is 0.0376. The number of nitrogens with zero attached hydrogens (tertiary/aromatic N) is 14. The van der Waals surface area contributed by atoms with Crippen molar-refractivity contribution in [1.82, 2.24) is 69.6 Å². The molecule has 8 aliphatic rings. The van der Waals surface area contributed by atoms with E-state index in [0.29, 0.717) is 79.3 Å². The molecule has 4 radical (unpaired) electrons. The first kappa shape index (κ1) is 104. The van der Waals surface area contributed by atoms with Gasteiger partial charge in [0.15, 0.2) is 44.0 Å². The number of aromatic nitrogens is 12. The zero-order chi connectivity index (χ0) is 95.5. The van der Waals surface area contributed by atoms with Crippen LogP contribution in [0.1, 0.15) is 201 Å². The van der Waals surface area contributed by atoms with Crippen molar-refractivity contribution in [3.8, 4) is 11.5 Å². The van der Waals surface area contributed by atoms with Crippen molar-refractivity contribution in [2.45, 2.75) is 174 Å². The molecule has 4 saturated heterocycles. The average molecular weight is 1970 g/mol. The molecular weight excluding hydrogens is 1850 g/mol. The third-order valence-electron chi connectivity index (χ3n) is 27.6. The van der Waals surface area contributed by atoms with Gasteiger partial charge in [-0.15, -0.1) is 0 Å². The van der Waals surface area contributed by atoms with E-state index >= 15 is 0 Å². The summed E-state index contributed by atoms with van der Waals surface area (Å²) in [4.78, 5) is 118. The van der Waals surface area contributed by atoms with Gasteiger partial charge >= 0.3 is 24.1 Å². The second-order valence-electron chi connectivity index (χ2n) is 38.1. The molecule has 2 amide bonds. The Morgan fingerprint density at radius 2 is 0.768 bits per heavy atom. The van der Waals surface area contributed by atoms with Crippen molar-refractivity contribution in [3.63, 3.8) is 0 Å². The minimum Gasteiger partial charge on any atom is -0.497 e. The first-order valence-electron chi connectivity index (χ1n) is 45.6. The molecule has 6 aromatic carbocycles. The number of halogens is 3. The van der Waals surface area contributed by atoms with Gasteiger partial charge in [0, 0.05) is 89.8 Å². The summed E-state index contributed by atoms with van der Waals surface area (Å²) < 4.78 is 34.7. The van der Waals surface area contributed by atoms with Gasteiger partial charge in [0.1, 0.15) is 45.3 Å². The molecule has 32 nitrogen and oxygen atoms in total. The number of nitrogens with one attached hydrogen (secondary N) is 3. The van der Waals surface area contributed by atoms with Crippen LogP contribution < -0.4 is 57.8 Å². The van der Waals surface area contributed by atoms with Crippen LogP contribution in [0, 0.1) is 21.7 Å². The van der Waals surface area contributed by atoms with Crippen LogP contribution in [0.4, 0.5) is 27.0 Å². The predicted octanol–water partition coefficient (Wildman–Crippen LogP) is 15.4. The van der Waals surface area contributed by atoms with Crippen LogP contribution in [0.25, 0.3) is 22.3 Å². The number of carbonyl (C=O) groups is 4. The van der Waals surface area contributed by atoms with E-state index in [0.717, 1.165) is 117 Å². The van der Waals surface area contributed by atoms with Gasteiger partial charge in [0.2, 0.25) is 0 Å². The molecule has 4 fully saturated rings. The minimum absolute atomic E-state index is 0. The van der Waals surface area contributed by atoms with Crippen LogP contribution >= 0.6 is 34.8 Å². The zero-order valence-electron chi connectivity index (χ0n) is 78.6. The molecule has 10 heterocycles. The van der Waals surface area contributed by atoms with Gasteiger partial charge in [-0.05, 0) is 228 Å². The molecule has 12 aromatic rings. The number of amides is 2. The molecule has 37 heteroatoms. The average Bonchev–Trinajstić information content (AvgIpc) is 1.57. The Balaban J connectivity index is 0.000000156. The maximum absolute atomic E-state index is 13.9. The Hall–Kier alpha value is -11.8. The molecule has 724 valence electrons. The van der Waals surface area contributed by atoms with Crippen LogP contribution in [-0.4, -0.2) is 189 Å². The van der Waals surface area contributed by atoms with Crippen LogP contribution in [0.3, 0.4) is 0 Å². The van der Waals surface area contributed by atoms with Crippen LogP contribution in [0.5, 0.6) is 11.5 Å². The maximum Gasteiger partial charge on any atom is 0.420 e. The number of aromatic amines is 2. The Labute approximate surface area is 831 Å². The van der Waals surface area contributed by atoms with Gasteiger partial charge in [0.25, 0.3) is 11.1 Å². The fourth-order valence-electron chi connectivity index (χ4n) is 20.5. The van der Waals surface area contributed by atoms with Crippen LogP contribution in [-0.2, 0) is 76.3 Å². The third kappa shape index (κ3) is 22.1. The number of ether oxygens (including phenoxy) is 6. The van der Waals surface area contributed by atoms with Crippen molar-refractivity contribution >= 4 is 107 Å². The molecule has 4 aliphatic heterocycles. The number of hydrogen-bond acceptors (Lipinski definition) is 27. The minimum atomic E-state index is -0.810. The summed E-state index contributed by atoms with van der Waals surface area (Å²) in [5, 5.41) is 9.33. The number of H-pyrrole nitrogens is 2. The van der Waals surface area contributed by atoms with Gasteiger partial charge in [-0.2, -0.15) is 0 Å². The topological polar surface area (TPSA) is 405 Å². The van der Waals surface area contributed by atoms with Gasteiger partial charge in [-0.25, -0.2) is 63.9 Å². The summed E-state index contributed by atoms with van der Waals surface area (Å²) in [6.07, 6.45) is 16.5. The zero-order valence-corrected chi connectivity index (χ0v) is 82.2. The largest absolute Gasteiger partial charge is 0.497 e. The standard InChI is InChI=1S/C36H44N6O6.C26H28N6O2.C19H21ClN4O2.C13H18N2.C6H4Cl2N2O2.CH4.B.V/c1-34(2,3)47-32(44)42(33(45)48-35(4,5)6)29-26-11-9-8-10-24(26)20-36(29)16-18-40(19-17-36)27-21-37-28-30(38-27)41(39-31(28)43)22-23-12-14-25(46-7)15-13-23;1-34-19-8-6-17(7-9-19)16-32-24-22(25(33)30-32)28-15-21(29-24)31-12-10-26(11-13-31)14-18-4-2-3-5-20(18)23(26)27;1-26-18(25)15-17(20)23-14(11-22-15)24-8-6-19(7-9-24)10-12-4-2-3-5-13(12)16(19)21;14-12-11-4-2-1-3-10(11)9-13(12)5-7-15-8-6-13;1-12-6(11)4-5(8)10-3(7)2-9-4;;;/h8-15,21,29H,16-20,22H2,1-7H3,(H,39,43);2-9,15,23H,10-14,16,27H2,1H3,(H,30,33);2-5,11,16H,6-10,21H2,1H3;1-4,12,15H,5-9,14H2;2H,1H3;1H4;;. The summed E-state index contributed by atoms with van der Waals surface area (Å²) in [5.74, 6) is 2.47. The van der Waals surface area contributed by atoms with E-state index in [2.05, 4.69) is 148 Å². The van der Waals surface area contributed by atoms with E-state index in [1.54, 1.807) is 83.7 Å². The van der Waals surface area contributed by atoms with Gasteiger partial charge in [-0.1, -0.05) is 164 Å². The molecule has 9 N–H and O–H groups in total. The number of nitrogens with two attached hydrogens (primary N) is 3. The normalized spacial score (nSPS) is 18.5. The number of imide groups is 1. The second-order valence-corrected chi connectivity index (χ2v) is 39.2. The Kier molecular flexibility index (Phi) is 32.5. The molecule has 4 unspecified atom stereocenters. The van der Waals surface area contributed by atoms with E-state index in [1.807, 2.05) is 66.7 Å². The molecule has 6 aromatic heterocycles. The third-order valence-corrected chi connectivity index (χ3v) is 28.3. The molecule has 0 saturated carbocycles. The van der Waals surface area contributed by atoms with E-state index < -0.39 is 46.8 Å². The van der Waals surface area contributed by atoms with Gasteiger partial charge in [0.05, 0.1) is 72.4 Å². The smallest absolute Gasteiger partial charge is 0.420 e. The van der Waals surface area contributed by atoms with Crippen molar-refractivity contribution in [2.75, 3.05) is 95.5 Å². The van der Waals surface area contributed by atoms with E-state index in [-0.39, 0.29) is 107 Å². The summed E-state index contributed by atoms with van der Waals surface area (Å²) in [6, 6.07) is 49.0. The van der Waals surface area contributed by atoms with Crippen molar-refractivity contribution in [3.05, 3.63) is 274 Å². The Morgan fingerprint density at radius 1 is 0.442 bits per heavy atom. The van der Waals surface area contributed by atoms with Crippen molar-refractivity contribution < 1.29 is 66.2 Å². The molecular formula is C101H119BCl3N20O12V. The summed E-state index contributed by atoms with van der Waals surface area (Å²) in [5.41, 5.74) is 31.7. The first-order chi connectivity index (χ1) is 64.7. The summed E-state index contributed by atoms with van der Waals surface area (Å²) in [6.45, 7) is 18.5. The van der Waals surface area contributed by atoms with Crippen molar-refractivity contribution in [1.29, 1.82) is 0 Å². The van der Waals surface area contributed by atoms with E-state index in [9.17, 15) is 28.8 Å². The number of esters is 2. The Morgan fingerprint density at radius 3 is 1.12 bits per heavy atom. The molecule has 138 heavy (non-hydrogen) atoms. The molecule has 0 bridgehead atoms. The first-order valence-corrected chi connectivity index (χ1v) is 46.7. The monoisotopic (exact) mass is 1970 g/mol. The van der Waals surface area contributed by atoms with Crippen molar-refractivity contribution in [2.24, 2.45) is 38.9 Å². The summed E-state index contributed by atoms with van der Waals surface area (Å²) in [7, 11) is 5.79.